The van der Waals surface area contributed by atoms with Crippen LogP contribution in [0.25, 0.3) is 22.2 Å². The molecular formula is C18H18FN3. The fourth-order valence-corrected chi connectivity index (χ4v) is 2.83. The molecule has 0 atom stereocenters. The van der Waals surface area contributed by atoms with E-state index < -0.39 is 0 Å². The van der Waals surface area contributed by atoms with Crippen molar-refractivity contribution in [2.75, 3.05) is 0 Å². The van der Waals surface area contributed by atoms with Gasteiger partial charge in [0.2, 0.25) is 0 Å². The van der Waals surface area contributed by atoms with Gasteiger partial charge in [-0.2, -0.15) is 5.10 Å². The maximum atomic E-state index is 13.4. The molecule has 1 saturated carbocycles. The molecule has 0 radical (unpaired) electrons. The molecule has 0 aliphatic heterocycles. The molecule has 0 N–H and O–H groups in total. The van der Waals surface area contributed by atoms with Crippen LogP contribution in [0.5, 0.6) is 0 Å². The van der Waals surface area contributed by atoms with Crippen LogP contribution >= 0.6 is 0 Å². The van der Waals surface area contributed by atoms with E-state index in [-0.39, 0.29) is 5.82 Å². The predicted molar refractivity (Wildman–Crippen MR) is 85.0 cm³/mol. The molecule has 1 aliphatic rings. The summed E-state index contributed by atoms with van der Waals surface area (Å²) in [5.74, 6) is 0.711. The summed E-state index contributed by atoms with van der Waals surface area (Å²) in [7, 11) is 0. The van der Waals surface area contributed by atoms with Crippen molar-refractivity contribution in [3.05, 3.63) is 48.0 Å². The van der Waals surface area contributed by atoms with Crippen molar-refractivity contribution in [3.8, 4) is 11.1 Å². The van der Waals surface area contributed by atoms with Gasteiger partial charge in [0.15, 0.2) is 0 Å². The molecule has 2 aromatic heterocycles. The zero-order valence-corrected chi connectivity index (χ0v) is 12.6. The topological polar surface area (TPSA) is 30.7 Å². The highest BCUT2D eigenvalue weighted by molar-refractivity contribution is 5.80. The molecule has 1 aromatic carbocycles. The van der Waals surface area contributed by atoms with Crippen LogP contribution in [-0.4, -0.2) is 14.8 Å². The van der Waals surface area contributed by atoms with Gasteiger partial charge in [-0.05, 0) is 48.6 Å². The molecule has 4 heteroatoms. The monoisotopic (exact) mass is 295 g/mol. The van der Waals surface area contributed by atoms with Crippen LogP contribution in [0.1, 0.15) is 24.8 Å². The normalized spacial score (nSPS) is 14.6. The molecule has 0 saturated heterocycles. The number of pyridine rings is 1. The third-order valence-corrected chi connectivity index (χ3v) is 4.43. The van der Waals surface area contributed by atoms with E-state index >= 15 is 0 Å². The Balaban J connectivity index is 1.71. The van der Waals surface area contributed by atoms with Crippen molar-refractivity contribution in [2.45, 2.75) is 32.7 Å². The van der Waals surface area contributed by atoms with E-state index in [1.807, 2.05) is 23.1 Å². The zero-order chi connectivity index (χ0) is 15.1. The molecule has 1 fully saturated rings. The summed E-state index contributed by atoms with van der Waals surface area (Å²) in [5, 5.41) is 4.46. The largest absolute Gasteiger partial charge is 0.263 e. The zero-order valence-electron chi connectivity index (χ0n) is 12.6. The number of hydrogen-bond donors (Lipinski definition) is 0. The lowest BCUT2D eigenvalue weighted by atomic mass is 10.0. The summed E-state index contributed by atoms with van der Waals surface area (Å²) in [6.07, 6.45) is 7.57. The lowest BCUT2D eigenvalue weighted by Gasteiger charge is -2.06. The van der Waals surface area contributed by atoms with Crippen LogP contribution in [0.15, 0.2) is 36.7 Å². The SMILES string of the molecule is Cc1cc(-c2cnc3cnn(CCC4CC4)c3c2)ccc1F. The summed E-state index contributed by atoms with van der Waals surface area (Å²) in [4.78, 5) is 4.50. The first-order chi connectivity index (χ1) is 10.7. The Bertz CT molecular complexity index is 833. The van der Waals surface area contributed by atoms with Crippen LogP contribution < -0.4 is 0 Å². The quantitative estimate of drug-likeness (QED) is 0.716. The van der Waals surface area contributed by atoms with Crippen molar-refractivity contribution in [1.29, 1.82) is 0 Å². The Kier molecular flexibility index (Phi) is 3.17. The van der Waals surface area contributed by atoms with E-state index in [0.29, 0.717) is 5.56 Å². The van der Waals surface area contributed by atoms with Crippen LogP contribution in [0.2, 0.25) is 0 Å². The Morgan fingerprint density at radius 1 is 1.18 bits per heavy atom. The van der Waals surface area contributed by atoms with Gasteiger partial charge >= 0.3 is 0 Å². The van der Waals surface area contributed by atoms with Gasteiger partial charge in [0.05, 0.1) is 11.7 Å². The minimum atomic E-state index is -0.174. The van der Waals surface area contributed by atoms with Gasteiger partial charge in [0, 0.05) is 18.3 Å². The first-order valence-electron chi connectivity index (χ1n) is 7.79. The molecule has 0 spiro atoms. The molecule has 4 rings (SSSR count). The molecule has 0 bridgehead atoms. The molecule has 22 heavy (non-hydrogen) atoms. The summed E-state index contributed by atoms with van der Waals surface area (Å²) in [5.41, 5.74) is 4.62. The van der Waals surface area contributed by atoms with Crippen LogP contribution in [0.3, 0.4) is 0 Å². The highest BCUT2D eigenvalue weighted by Crippen LogP contribution is 2.33. The first kappa shape index (κ1) is 13.4. The number of halogens is 1. The Morgan fingerprint density at radius 2 is 2.05 bits per heavy atom. The Hall–Kier alpha value is -2.23. The Labute approximate surface area is 128 Å². The lowest BCUT2D eigenvalue weighted by Crippen LogP contribution is -2.00. The molecule has 3 nitrogen and oxygen atoms in total. The number of rotatable bonds is 4. The van der Waals surface area contributed by atoms with Gasteiger partial charge in [0.1, 0.15) is 11.3 Å². The van der Waals surface area contributed by atoms with E-state index in [2.05, 4.69) is 16.1 Å². The molecule has 2 heterocycles. The summed E-state index contributed by atoms with van der Waals surface area (Å²) in [6.45, 7) is 2.73. The molecule has 112 valence electrons. The van der Waals surface area contributed by atoms with E-state index in [1.165, 1.54) is 25.3 Å². The second-order valence-electron chi connectivity index (χ2n) is 6.19. The van der Waals surface area contributed by atoms with Crippen molar-refractivity contribution in [2.24, 2.45) is 5.92 Å². The summed E-state index contributed by atoms with van der Waals surface area (Å²) in [6, 6.07) is 7.29. The van der Waals surface area contributed by atoms with Gasteiger partial charge in [-0.15, -0.1) is 0 Å². The third kappa shape index (κ3) is 2.49. The van der Waals surface area contributed by atoms with Crippen molar-refractivity contribution in [1.82, 2.24) is 14.8 Å². The first-order valence-corrected chi connectivity index (χ1v) is 7.79. The smallest absolute Gasteiger partial charge is 0.126 e. The highest BCUT2D eigenvalue weighted by Gasteiger charge is 2.21. The molecular weight excluding hydrogens is 277 g/mol. The van der Waals surface area contributed by atoms with Crippen molar-refractivity contribution >= 4 is 11.0 Å². The summed E-state index contributed by atoms with van der Waals surface area (Å²) < 4.78 is 15.5. The fourth-order valence-electron chi connectivity index (χ4n) is 2.83. The maximum absolute atomic E-state index is 13.4. The number of benzene rings is 1. The average Bonchev–Trinajstić information content (AvgIpc) is 3.27. The molecule has 1 aliphatic carbocycles. The number of hydrogen-bond acceptors (Lipinski definition) is 2. The number of nitrogens with zero attached hydrogens (tertiary/aromatic N) is 3. The standard InChI is InChI=1S/C18H18FN3/c1-12-8-14(4-5-16(12)19)15-9-18-17(20-10-15)11-21-22(18)7-6-13-2-3-13/h4-5,8-11,13H,2-3,6-7H2,1H3. The fraction of sp³-hybridized carbons (Fsp3) is 0.333. The van der Waals surface area contributed by atoms with Crippen LogP contribution in [-0.2, 0) is 6.54 Å². The van der Waals surface area contributed by atoms with Crippen molar-refractivity contribution < 1.29 is 4.39 Å². The molecule has 0 amide bonds. The van der Waals surface area contributed by atoms with E-state index in [4.69, 9.17) is 0 Å². The van der Waals surface area contributed by atoms with E-state index in [0.717, 1.165) is 34.6 Å². The second kappa shape index (κ2) is 5.20. The lowest BCUT2D eigenvalue weighted by molar-refractivity contribution is 0.561. The van der Waals surface area contributed by atoms with E-state index in [1.54, 1.807) is 13.0 Å². The number of aryl methyl sites for hydroxylation is 2. The van der Waals surface area contributed by atoms with Crippen LogP contribution in [0, 0.1) is 18.7 Å². The maximum Gasteiger partial charge on any atom is 0.126 e. The second-order valence-corrected chi connectivity index (χ2v) is 6.19. The van der Waals surface area contributed by atoms with Gasteiger partial charge in [-0.25, -0.2) is 4.39 Å². The van der Waals surface area contributed by atoms with Gasteiger partial charge in [-0.1, -0.05) is 18.9 Å². The average molecular weight is 295 g/mol. The highest BCUT2D eigenvalue weighted by atomic mass is 19.1. The van der Waals surface area contributed by atoms with Gasteiger partial charge in [0.25, 0.3) is 0 Å². The van der Waals surface area contributed by atoms with Gasteiger partial charge in [-0.3, -0.25) is 9.67 Å². The molecule has 3 aromatic rings. The van der Waals surface area contributed by atoms with E-state index in [9.17, 15) is 4.39 Å². The minimum Gasteiger partial charge on any atom is -0.263 e. The number of fused-ring (bicyclic) bond motifs is 1. The Morgan fingerprint density at radius 3 is 2.82 bits per heavy atom. The minimum absolute atomic E-state index is 0.174. The third-order valence-electron chi connectivity index (χ3n) is 4.43. The van der Waals surface area contributed by atoms with Crippen LogP contribution in [0.4, 0.5) is 4.39 Å². The van der Waals surface area contributed by atoms with Gasteiger partial charge < -0.3 is 0 Å². The van der Waals surface area contributed by atoms with Crippen molar-refractivity contribution in [3.63, 3.8) is 0 Å². The number of aromatic nitrogens is 3. The summed E-state index contributed by atoms with van der Waals surface area (Å²) >= 11 is 0. The predicted octanol–water partition coefficient (Wildman–Crippen LogP) is 4.35. The molecule has 0 unspecified atom stereocenters.